The third kappa shape index (κ3) is 3.77. The summed E-state index contributed by atoms with van der Waals surface area (Å²) in [5.74, 6) is 0.169. The van der Waals surface area contributed by atoms with Gasteiger partial charge in [0.1, 0.15) is 17.7 Å². The molecule has 0 amide bonds. The largest absolute Gasteiger partial charge is 0.489 e. The second kappa shape index (κ2) is 6.33. The van der Waals surface area contributed by atoms with Crippen molar-refractivity contribution in [2.24, 2.45) is 0 Å². The van der Waals surface area contributed by atoms with Crippen molar-refractivity contribution in [3.63, 3.8) is 0 Å². The van der Waals surface area contributed by atoms with E-state index >= 15 is 0 Å². The number of hydrogen-bond acceptors (Lipinski definition) is 3. The Labute approximate surface area is 125 Å². The van der Waals surface area contributed by atoms with Crippen LogP contribution in [-0.2, 0) is 0 Å². The minimum absolute atomic E-state index is 0.0208. The summed E-state index contributed by atoms with van der Waals surface area (Å²) >= 11 is 3.21. The summed E-state index contributed by atoms with van der Waals surface area (Å²) in [5.41, 5.74) is 1.01. The normalized spacial score (nSPS) is 12.5. The zero-order valence-electron chi connectivity index (χ0n) is 11.2. The monoisotopic (exact) mass is 339 g/mol. The molecule has 0 radical (unpaired) electrons. The van der Waals surface area contributed by atoms with E-state index in [4.69, 9.17) is 4.74 Å². The van der Waals surface area contributed by atoms with E-state index in [1.54, 1.807) is 18.3 Å². The van der Waals surface area contributed by atoms with E-state index in [0.29, 0.717) is 21.3 Å². The number of rotatable bonds is 4. The van der Waals surface area contributed by atoms with Gasteiger partial charge in [-0.1, -0.05) is 15.9 Å². The lowest BCUT2D eigenvalue weighted by molar-refractivity contribution is 0.215. The van der Waals surface area contributed by atoms with Crippen LogP contribution in [0.15, 0.2) is 41.1 Å². The maximum atomic E-state index is 13.4. The van der Waals surface area contributed by atoms with Gasteiger partial charge in [-0.15, -0.1) is 0 Å². The molecule has 5 heteroatoms. The lowest BCUT2D eigenvalue weighted by Crippen LogP contribution is -2.07. The predicted octanol–water partition coefficient (Wildman–Crippen LogP) is 3.85. The molecule has 2 rings (SSSR count). The first-order valence-electron chi connectivity index (χ1n) is 6.21. The molecule has 106 valence electrons. The Bertz CT molecular complexity index is 584. The van der Waals surface area contributed by atoms with Gasteiger partial charge >= 0.3 is 0 Å². The molecule has 1 heterocycles. The first-order chi connectivity index (χ1) is 9.45. The maximum absolute atomic E-state index is 13.4. The Morgan fingerprint density at radius 3 is 2.55 bits per heavy atom. The molecule has 0 fully saturated rings. The summed E-state index contributed by atoms with van der Waals surface area (Å²) in [5, 5.41) is 10.3. The lowest BCUT2D eigenvalue weighted by Gasteiger charge is -2.14. The first kappa shape index (κ1) is 14.9. The molecule has 1 aromatic heterocycles. The predicted molar refractivity (Wildman–Crippen MR) is 78.2 cm³/mol. The fraction of sp³-hybridized carbons (Fsp3) is 0.267. The quantitative estimate of drug-likeness (QED) is 0.919. The van der Waals surface area contributed by atoms with Crippen molar-refractivity contribution < 1.29 is 14.2 Å². The van der Waals surface area contributed by atoms with Gasteiger partial charge in [0.2, 0.25) is 0 Å². The average molecular weight is 340 g/mol. The van der Waals surface area contributed by atoms with Crippen molar-refractivity contribution in [1.82, 2.24) is 4.98 Å². The number of pyridine rings is 1. The van der Waals surface area contributed by atoms with Crippen molar-refractivity contribution in [2.45, 2.75) is 26.1 Å². The Morgan fingerprint density at radius 2 is 1.90 bits per heavy atom. The van der Waals surface area contributed by atoms with E-state index in [0.717, 1.165) is 0 Å². The summed E-state index contributed by atoms with van der Waals surface area (Å²) in [6.07, 6.45) is 2.19. The van der Waals surface area contributed by atoms with Crippen LogP contribution in [0.3, 0.4) is 0 Å². The van der Waals surface area contributed by atoms with E-state index in [1.807, 2.05) is 13.8 Å². The van der Waals surface area contributed by atoms with Crippen LogP contribution < -0.4 is 4.74 Å². The molecule has 0 saturated carbocycles. The van der Waals surface area contributed by atoms with Gasteiger partial charge in [0.15, 0.2) is 0 Å². The van der Waals surface area contributed by atoms with Gasteiger partial charge in [0.05, 0.1) is 12.3 Å². The summed E-state index contributed by atoms with van der Waals surface area (Å²) in [6.45, 7) is 3.82. The zero-order chi connectivity index (χ0) is 14.7. The highest BCUT2D eigenvalue weighted by molar-refractivity contribution is 9.10. The number of benzene rings is 1. The molecule has 1 aromatic carbocycles. The Morgan fingerprint density at radius 1 is 1.15 bits per heavy atom. The molecule has 0 saturated heterocycles. The minimum Gasteiger partial charge on any atom is -0.489 e. The van der Waals surface area contributed by atoms with Crippen molar-refractivity contribution in [1.29, 1.82) is 0 Å². The molecule has 0 aliphatic rings. The van der Waals surface area contributed by atoms with Crippen LogP contribution >= 0.6 is 15.9 Å². The maximum Gasteiger partial charge on any atom is 0.138 e. The Kier molecular flexibility index (Phi) is 4.73. The van der Waals surface area contributed by atoms with Gasteiger partial charge in [-0.25, -0.2) is 4.39 Å². The van der Waals surface area contributed by atoms with Gasteiger partial charge < -0.3 is 9.84 Å². The van der Waals surface area contributed by atoms with Crippen LogP contribution in [0.5, 0.6) is 5.75 Å². The van der Waals surface area contributed by atoms with Crippen molar-refractivity contribution in [3.8, 4) is 5.75 Å². The fourth-order valence-corrected chi connectivity index (χ4v) is 2.33. The van der Waals surface area contributed by atoms with Gasteiger partial charge in [-0.2, -0.15) is 0 Å². The summed E-state index contributed by atoms with van der Waals surface area (Å²) in [7, 11) is 0. The molecule has 20 heavy (non-hydrogen) atoms. The molecule has 0 aliphatic carbocycles. The molecule has 1 N–H and O–H groups in total. The van der Waals surface area contributed by atoms with Crippen LogP contribution in [0.25, 0.3) is 0 Å². The molecule has 0 aliphatic heterocycles. The highest BCUT2D eigenvalue weighted by atomic mass is 79.9. The average Bonchev–Trinajstić information content (AvgIpc) is 2.36. The van der Waals surface area contributed by atoms with E-state index in [2.05, 4.69) is 20.9 Å². The second-order valence-corrected chi connectivity index (χ2v) is 5.64. The number of halogens is 2. The molecule has 3 nitrogen and oxygen atoms in total. The van der Waals surface area contributed by atoms with Crippen molar-refractivity contribution in [3.05, 3.63) is 58.1 Å². The van der Waals surface area contributed by atoms with Crippen LogP contribution in [0, 0.1) is 5.82 Å². The standard InChI is InChI=1S/C15H15BrFNO2/c1-9(2)20-14-5-11(7-18-8-14)15(19)10-3-12(16)6-13(17)4-10/h3-9,15,19H,1-2H3. The van der Waals surface area contributed by atoms with Crippen molar-refractivity contribution >= 4 is 15.9 Å². The molecule has 0 bridgehead atoms. The number of hydrogen-bond donors (Lipinski definition) is 1. The van der Waals surface area contributed by atoms with Crippen molar-refractivity contribution in [2.75, 3.05) is 0 Å². The van der Waals surface area contributed by atoms with Gasteiger partial charge in [-0.3, -0.25) is 4.98 Å². The van der Waals surface area contributed by atoms with E-state index in [1.165, 1.54) is 18.3 Å². The van der Waals surface area contributed by atoms with E-state index in [9.17, 15) is 9.50 Å². The molecular weight excluding hydrogens is 325 g/mol. The van der Waals surface area contributed by atoms with Crippen LogP contribution in [0.1, 0.15) is 31.1 Å². The minimum atomic E-state index is -0.954. The van der Waals surface area contributed by atoms with Crippen LogP contribution in [-0.4, -0.2) is 16.2 Å². The Balaban J connectivity index is 2.30. The van der Waals surface area contributed by atoms with E-state index in [-0.39, 0.29) is 6.10 Å². The van der Waals surface area contributed by atoms with Gasteiger partial charge in [-0.05, 0) is 43.7 Å². The van der Waals surface area contributed by atoms with Gasteiger partial charge in [0, 0.05) is 16.2 Å². The number of ether oxygens (including phenoxy) is 1. The molecule has 1 atom stereocenters. The number of aliphatic hydroxyl groups excluding tert-OH is 1. The van der Waals surface area contributed by atoms with E-state index < -0.39 is 11.9 Å². The summed E-state index contributed by atoms with van der Waals surface area (Å²) in [4.78, 5) is 4.04. The van der Waals surface area contributed by atoms with Gasteiger partial charge in [0.25, 0.3) is 0 Å². The lowest BCUT2D eigenvalue weighted by atomic mass is 10.0. The summed E-state index contributed by atoms with van der Waals surface area (Å²) in [6, 6.07) is 6.01. The number of aliphatic hydroxyl groups is 1. The SMILES string of the molecule is CC(C)Oc1cncc(C(O)c2cc(F)cc(Br)c2)c1. The number of nitrogens with zero attached hydrogens (tertiary/aromatic N) is 1. The first-order valence-corrected chi connectivity index (χ1v) is 7.00. The number of aromatic nitrogens is 1. The fourth-order valence-electron chi connectivity index (χ4n) is 1.85. The highest BCUT2D eigenvalue weighted by Gasteiger charge is 2.14. The molecule has 0 spiro atoms. The van der Waals surface area contributed by atoms with Crippen LogP contribution in [0.4, 0.5) is 4.39 Å². The second-order valence-electron chi connectivity index (χ2n) is 4.73. The third-order valence-electron chi connectivity index (χ3n) is 2.62. The third-order valence-corrected chi connectivity index (χ3v) is 3.08. The van der Waals surface area contributed by atoms with Crippen LogP contribution in [0.2, 0.25) is 0 Å². The zero-order valence-corrected chi connectivity index (χ0v) is 12.8. The molecule has 1 unspecified atom stereocenters. The molecular formula is C15H15BrFNO2. The topological polar surface area (TPSA) is 42.4 Å². The summed E-state index contributed by atoms with van der Waals surface area (Å²) < 4.78 is 19.5. The molecule has 2 aromatic rings. The highest BCUT2D eigenvalue weighted by Crippen LogP contribution is 2.27. The smallest absolute Gasteiger partial charge is 0.138 e. The Hall–Kier alpha value is -1.46.